The number of aliphatic carboxylic acids is 1. The van der Waals surface area contributed by atoms with E-state index >= 15 is 0 Å². The zero-order valence-electron chi connectivity index (χ0n) is 8.55. The van der Waals surface area contributed by atoms with Crippen LogP contribution in [0.5, 0.6) is 0 Å². The fraction of sp³-hybridized carbons (Fsp3) is 0.400. The minimum atomic E-state index is -1.26. The predicted molar refractivity (Wildman–Crippen MR) is 63.4 cm³/mol. The van der Waals surface area contributed by atoms with E-state index in [1.54, 1.807) is 17.5 Å². The van der Waals surface area contributed by atoms with Crippen molar-refractivity contribution in [1.82, 2.24) is 0 Å². The molecule has 6 heteroatoms. The molecule has 0 aliphatic rings. The molecule has 1 aromatic rings. The van der Waals surface area contributed by atoms with Gasteiger partial charge in [0.15, 0.2) is 5.78 Å². The van der Waals surface area contributed by atoms with Crippen molar-refractivity contribution >= 4 is 33.9 Å². The van der Waals surface area contributed by atoms with E-state index in [0.29, 0.717) is 11.3 Å². The third-order valence-electron chi connectivity index (χ3n) is 1.85. The van der Waals surface area contributed by atoms with E-state index in [2.05, 4.69) is 0 Å². The topological polar surface area (TPSA) is 71.4 Å². The van der Waals surface area contributed by atoms with Gasteiger partial charge in [-0.2, -0.15) is 0 Å². The second-order valence-corrected chi connectivity index (χ2v) is 5.71. The molecule has 16 heavy (non-hydrogen) atoms. The van der Waals surface area contributed by atoms with E-state index in [4.69, 9.17) is 5.11 Å². The second kappa shape index (κ2) is 6.55. The summed E-state index contributed by atoms with van der Waals surface area (Å²) in [6, 6.07) is 3.46. The molecule has 1 atom stereocenters. The number of carbonyl (C=O) groups excluding carboxylic acids is 1. The first-order valence-electron chi connectivity index (χ1n) is 4.73. The minimum absolute atomic E-state index is 0.00106. The van der Waals surface area contributed by atoms with Crippen LogP contribution in [0, 0.1) is 0 Å². The Balaban J connectivity index is 2.29. The zero-order chi connectivity index (χ0) is 12.0. The molecule has 0 radical (unpaired) electrons. The number of hydrogen-bond donors (Lipinski definition) is 1. The molecule has 1 rings (SSSR count). The number of ketones is 1. The Labute approximate surface area is 99.8 Å². The SMILES string of the molecule is O=C(O)CCCS(=O)CC(=O)c1cccs1. The van der Waals surface area contributed by atoms with E-state index < -0.39 is 16.8 Å². The van der Waals surface area contributed by atoms with Crippen LogP contribution in [0.25, 0.3) is 0 Å². The number of hydrogen-bond acceptors (Lipinski definition) is 4. The van der Waals surface area contributed by atoms with E-state index in [0.717, 1.165) is 0 Å². The monoisotopic (exact) mass is 260 g/mol. The maximum atomic E-state index is 11.5. The van der Waals surface area contributed by atoms with Gasteiger partial charge in [-0.05, 0) is 17.9 Å². The van der Waals surface area contributed by atoms with E-state index in [-0.39, 0.29) is 23.7 Å². The summed E-state index contributed by atoms with van der Waals surface area (Å²) in [5, 5.41) is 10.2. The van der Waals surface area contributed by atoms with E-state index in [9.17, 15) is 13.8 Å². The van der Waals surface area contributed by atoms with Crippen LogP contribution in [-0.4, -0.2) is 32.6 Å². The highest BCUT2D eigenvalue weighted by molar-refractivity contribution is 7.85. The number of carboxylic acid groups (broad SMARTS) is 1. The molecule has 4 nitrogen and oxygen atoms in total. The highest BCUT2D eigenvalue weighted by Crippen LogP contribution is 2.10. The number of Topliss-reactive ketones (excluding diaryl/α,β-unsaturated/α-hetero) is 1. The third kappa shape index (κ3) is 4.67. The maximum Gasteiger partial charge on any atom is 0.303 e. The average molecular weight is 260 g/mol. The lowest BCUT2D eigenvalue weighted by atomic mass is 10.3. The molecule has 88 valence electrons. The van der Waals surface area contributed by atoms with Crippen molar-refractivity contribution in [1.29, 1.82) is 0 Å². The smallest absolute Gasteiger partial charge is 0.303 e. The van der Waals surface area contributed by atoms with Crippen LogP contribution in [0.4, 0.5) is 0 Å². The van der Waals surface area contributed by atoms with Gasteiger partial charge >= 0.3 is 5.97 Å². The van der Waals surface area contributed by atoms with Crippen LogP contribution in [0.1, 0.15) is 22.5 Å². The molecule has 0 aromatic carbocycles. The van der Waals surface area contributed by atoms with Crippen LogP contribution in [0.2, 0.25) is 0 Å². The molecular weight excluding hydrogens is 248 g/mol. The van der Waals surface area contributed by atoms with Gasteiger partial charge in [-0.3, -0.25) is 13.8 Å². The molecule has 0 spiro atoms. The molecule has 0 aliphatic carbocycles. The Morgan fingerprint density at radius 3 is 2.75 bits per heavy atom. The Bertz CT molecular complexity index is 384. The van der Waals surface area contributed by atoms with E-state index in [1.165, 1.54) is 11.3 Å². The normalized spacial score (nSPS) is 12.2. The standard InChI is InChI=1S/C10H12O4S2/c11-8(9-3-1-5-15-9)7-16(14)6-2-4-10(12)13/h1,3,5H,2,4,6-7H2,(H,12,13). The van der Waals surface area contributed by atoms with Gasteiger partial charge in [0, 0.05) is 23.0 Å². The Morgan fingerprint density at radius 2 is 2.19 bits per heavy atom. The molecule has 0 aliphatic heterocycles. The fourth-order valence-electron chi connectivity index (χ4n) is 1.11. The molecule has 1 unspecified atom stereocenters. The molecule has 0 saturated heterocycles. The lowest BCUT2D eigenvalue weighted by molar-refractivity contribution is -0.137. The van der Waals surface area contributed by atoms with Crippen LogP contribution in [0.15, 0.2) is 17.5 Å². The van der Waals surface area contributed by atoms with Crippen molar-refractivity contribution in [3.63, 3.8) is 0 Å². The summed E-state index contributed by atoms with van der Waals surface area (Å²) < 4.78 is 11.4. The summed E-state index contributed by atoms with van der Waals surface area (Å²) in [6.07, 6.45) is 0.346. The lowest BCUT2D eigenvalue weighted by Gasteiger charge is -1.99. The van der Waals surface area contributed by atoms with Gasteiger partial charge in [0.25, 0.3) is 0 Å². The maximum absolute atomic E-state index is 11.5. The Hall–Kier alpha value is -1.01. The van der Waals surface area contributed by atoms with Gasteiger partial charge in [0.2, 0.25) is 0 Å². The number of thiophene rings is 1. The van der Waals surface area contributed by atoms with Crippen molar-refractivity contribution in [2.45, 2.75) is 12.8 Å². The van der Waals surface area contributed by atoms with Gasteiger partial charge < -0.3 is 5.11 Å². The number of carbonyl (C=O) groups is 2. The molecule has 0 bridgehead atoms. The van der Waals surface area contributed by atoms with Crippen molar-refractivity contribution in [2.75, 3.05) is 11.5 Å². The van der Waals surface area contributed by atoms with Crippen LogP contribution >= 0.6 is 11.3 Å². The van der Waals surface area contributed by atoms with Crippen molar-refractivity contribution in [3.05, 3.63) is 22.4 Å². The summed E-state index contributed by atoms with van der Waals surface area (Å²) in [7, 11) is -1.26. The molecule has 0 fully saturated rings. The van der Waals surface area contributed by atoms with Crippen molar-refractivity contribution < 1.29 is 18.9 Å². The van der Waals surface area contributed by atoms with Crippen molar-refractivity contribution in [2.24, 2.45) is 0 Å². The molecule has 1 heterocycles. The summed E-state index contributed by atoms with van der Waals surface area (Å²) in [5.74, 6) is -0.783. The van der Waals surface area contributed by atoms with Gasteiger partial charge in [-0.25, -0.2) is 0 Å². The first kappa shape index (κ1) is 13.1. The summed E-state index contributed by atoms with van der Waals surface area (Å²) >= 11 is 1.32. The van der Waals surface area contributed by atoms with Gasteiger partial charge in [0.05, 0.1) is 10.6 Å². The molecule has 1 N–H and O–H groups in total. The van der Waals surface area contributed by atoms with Gasteiger partial charge in [-0.1, -0.05) is 6.07 Å². The third-order valence-corrected chi connectivity index (χ3v) is 4.09. The Morgan fingerprint density at radius 1 is 1.44 bits per heavy atom. The number of carboxylic acids is 1. The summed E-state index contributed by atoms with van der Waals surface area (Å²) in [5.41, 5.74) is 0. The van der Waals surface area contributed by atoms with Crippen LogP contribution < -0.4 is 0 Å². The minimum Gasteiger partial charge on any atom is -0.481 e. The lowest BCUT2D eigenvalue weighted by Crippen LogP contribution is -2.13. The second-order valence-electron chi connectivity index (χ2n) is 3.19. The highest BCUT2D eigenvalue weighted by atomic mass is 32.2. The molecule has 1 aromatic heterocycles. The largest absolute Gasteiger partial charge is 0.481 e. The predicted octanol–water partition coefficient (Wildman–Crippen LogP) is 1.54. The number of rotatable bonds is 7. The van der Waals surface area contributed by atoms with Crippen molar-refractivity contribution in [3.8, 4) is 0 Å². The Kier molecular flexibility index (Phi) is 5.34. The zero-order valence-corrected chi connectivity index (χ0v) is 10.2. The summed E-state index contributed by atoms with van der Waals surface area (Å²) in [6.45, 7) is 0. The summed E-state index contributed by atoms with van der Waals surface area (Å²) in [4.78, 5) is 22.3. The fourth-order valence-corrected chi connectivity index (χ4v) is 2.93. The molecular formula is C10H12O4S2. The van der Waals surface area contributed by atoms with Gasteiger partial charge in [-0.15, -0.1) is 11.3 Å². The first-order chi connectivity index (χ1) is 7.59. The van der Waals surface area contributed by atoms with E-state index in [1.807, 2.05) is 0 Å². The average Bonchev–Trinajstić information content (AvgIpc) is 2.69. The first-order valence-corrected chi connectivity index (χ1v) is 7.10. The van der Waals surface area contributed by atoms with Crippen LogP contribution in [0.3, 0.4) is 0 Å². The van der Waals surface area contributed by atoms with Gasteiger partial charge in [0.1, 0.15) is 0 Å². The quantitative estimate of drug-likeness (QED) is 0.755. The van der Waals surface area contributed by atoms with Crippen LogP contribution in [-0.2, 0) is 15.6 Å². The highest BCUT2D eigenvalue weighted by Gasteiger charge is 2.11. The molecule has 0 amide bonds. The molecule has 0 saturated carbocycles.